The average Bonchev–Trinajstić information content (AvgIpc) is 2.94. The van der Waals surface area contributed by atoms with E-state index in [-0.39, 0.29) is 29.0 Å². The molecule has 4 aliphatic rings. The van der Waals surface area contributed by atoms with Crippen molar-refractivity contribution in [1.29, 1.82) is 0 Å². The number of ether oxygens (including phenoxy) is 1. The van der Waals surface area contributed by atoms with Gasteiger partial charge in [-0.05, 0) is 73.3 Å². The molecule has 0 aromatic carbocycles. The van der Waals surface area contributed by atoms with Crippen molar-refractivity contribution in [3.63, 3.8) is 0 Å². The van der Waals surface area contributed by atoms with Crippen LogP contribution in [0.4, 0.5) is 4.39 Å². The first-order valence-corrected chi connectivity index (χ1v) is 10.8. The molecule has 0 saturated heterocycles. The Balaban J connectivity index is 1.64. The Morgan fingerprint density at radius 3 is 2.59 bits per heavy atom. The maximum atomic E-state index is 15.2. The minimum absolute atomic E-state index is 0.0190. The molecule has 0 spiro atoms. The predicted molar refractivity (Wildman–Crippen MR) is 104 cm³/mol. The van der Waals surface area contributed by atoms with Gasteiger partial charge in [-0.1, -0.05) is 13.8 Å². The van der Waals surface area contributed by atoms with E-state index < -0.39 is 35.5 Å². The Kier molecular flexibility index (Phi) is 4.80. The Labute approximate surface area is 171 Å². The number of esters is 1. The molecule has 0 aromatic rings. The SMILES string of the molecule is CC(=O)OCC(=O)[C@@]1(O)CC[C@H]2[C@@H]3CC(F)C4=CC(=O)CC[C@]4(C)[C@H]3CC[C@@]21C. The number of hydrogen-bond donors (Lipinski definition) is 1. The van der Waals surface area contributed by atoms with Crippen molar-refractivity contribution < 1.29 is 28.6 Å². The number of fused-ring (bicyclic) bond motifs is 5. The number of halogens is 1. The highest BCUT2D eigenvalue weighted by Gasteiger charge is 2.67. The summed E-state index contributed by atoms with van der Waals surface area (Å²) in [6.45, 7) is 4.88. The molecule has 0 radical (unpaired) electrons. The lowest BCUT2D eigenvalue weighted by molar-refractivity contribution is -0.170. The first kappa shape index (κ1) is 20.7. The minimum atomic E-state index is -1.54. The molecule has 1 unspecified atom stereocenters. The van der Waals surface area contributed by atoms with Gasteiger partial charge in [-0.15, -0.1) is 0 Å². The first-order valence-electron chi connectivity index (χ1n) is 10.8. The van der Waals surface area contributed by atoms with Crippen molar-refractivity contribution in [2.75, 3.05) is 6.61 Å². The Bertz CT molecular complexity index is 790. The fourth-order valence-corrected chi connectivity index (χ4v) is 7.32. The number of allylic oxidation sites excluding steroid dienone is 1. The van der Waals surface area contributed by atoms with E-state index in [2.05, 4.69) is 6.92 Å². The summed E-state index contributed by atoms with van der Waals surface area (Å²) in [5.74, 6) is -0.587. The highest BCUT2D eigenvalue weighted by molar-refractivity contribution is 5.92. The second kappa shape index (κ2) is 6.73. The maximum absolute atomic E-state index is 15.2. The maximum Gasteiger partial charge on any atom is 0.303 e. The third-order valence-corrected chi connectivity index (χ3v) is 8.96. The summed E-state index contributed by atoms with van der Waals surface area (Å²) in [6, 6.07) is 0. The molecule has 1 N–H and O–H groups in total. The zero-order valence-electron chi connectivity index (χ0n) is 17.5. The van der Waals surface area contributed by atoms with Crippen LogP contribution in [0.2, 0.25) is 0 Å². The normalized spacial score (nSPS) is 46.2. The number of rotatable bonds is 3. The summed E-state index contributed by atoms with van der Waals surface area (Å²) in [5, 5.41) is 11.4. The Hall–Kier alpha value is -1.56. The van der Waals surface area contributed by atoms with Crippen LogP contribution in [-0.2, 0) is 19.1 Å². The fourth-order valence-electron chi connectivity index (χ4n) is 7.32. The standard InChI is InChI=1S/C23H31FO5/c1-13(25)29-12-20(27)23(28)9-6-17-15-11-19(24)18-10-14(26)4-7-21(18,2)16(15)5-8-22(17,23)3/h10,15-17,19,28H,4-9,11-12H2,1-3H3/t15-,16+,17+,19?,21-,22+,23+/m1/s1. The second-order valence-electron chi connectivity index (χ2n) is 10.1. The molecule has 3 saturated carbocycles. The van der Waals surface area contributed by atoms with Crippen LogP contribution in [0.1, 0.15) is 65.7 Å². The summed E-state index contributed by atoms with van der Waals surface area (Å²) in [6.07, 6.45) is 4.37. The predicted octanol–water partition coefficient (Wildman–Crippen LogP) is 3.33. The van der Waals surface area contributed by atoms with Crippen LogP contribution in [0, 0.1) is 28.6 Å². The topological polar surface area (TPSA) is 80.7 Å². The monoisotopic (exact) mass is 406 g/mol. The number of Topliss-reactive ketones (excluding diaryl/α,β-unsaturated/α-hetero) is 1. The molecule has 7 atom stereocenters. The van der Waals surface area contributed by atoms with Gasteiger partial charge < -0.3 is 9.84 Å². The summed E-state index contributed by atoms with van der Waals surface area (Å²) < 4.78 is 20.1. The largest absolute Gasteiger partial charge is 0.458 e. The quantitative estimate of drug-likeness (QED) is 0.727. The van der Waals surface area contributed by atoms with E-state index in [0.29, 0.717) is 44.1 Å². The lowest BCUT2D eigenvalue weighted by Gasteiger charge is -2.59. The van der Waals surface area contributed by atoms with Gasteiger partial charge in [0.15, 0.2) is 12.4 Å². The van der Waals surface area contributed by atoms with Crippen LogP contribution in [0.15, 0.2) is 11.6 Å². The van der Waals surface area contributed by atoms with E-state index in [1.807, 2.05) is 6.92 Å². The van der Waals surface area contributed by atoms with E-state index >= 15 is 4.39 Å². The zero-order chi connectivity index (χ0) is 21.2. The Morgan fingerprint density at radius 1 is 1.21 bits per heavy atom. The van der Waals surface area contributed by atoms with Crippen LogP contribution in [0.5, 0.6) is 0 Å². The van der Waals surface area contributed by atoms with Gasteiger partial charge in [0.05, 0.1) is 0 Å². The van der Waals surface area contributed by atoms with Crippen molar-refractivity contribution in [2.45, 2.75) is 77.5 Å². The van der Waals surface area contributed by atoms with Crippen molar-refractivity contribution in [3.05, 3.63) is 11.6 Å². The Morgan fingerprint density at radius 2 is 1.90 bits per heavy atom. The molecule has 4 aliphatic carbocycles. The molecular formula is C23H31FO5. The van der Waals surface area contributed by atoms with Crippen LogP contribution in [0.25, 0.3) is 0 Å². The van der Waals surface area contributed by atoms with Crippen LogP contribution < -0.4 is 0 Å². The van der Waals surface area contributed by atoms with Crippen molar-refractivity contribution >= 4 is 17.5 Å². The summed E-state index contributed by atoms with van der Waals surface area (Å²) in [7, 11) is 0. The van der Waals surface area contributed by atoms with Gasteiger partial charge in [0.1, 0.15) is 11.8 Å². The van der Waals surface area contributed by atoms with Gasteiger partial charge in [0.25, 0.3) is 0 Å². The minimum Gasteiger partial charge on any atom is -0.458 e. The summed E-state index contributed by atoms with van der Waals surface area (Å²) in [5.41, 5.74) is -1.84. The van der Waals surface area contributed by atoms with Gasteiger partial charge >= 0.3 is 5.97 Å². The number of aliphatic hydroxyl groups is 1. The molecule has 0 bridgehead atoms. The van der Waals surface area contributed by atoms with E-state index in [4.69, 9.17) is 4.74 Å². The number of hydrogen-bond acceptors (Lipinski definition) is 5. The molecule has 3 fully saturated rings. The van der Waals surface area contributed by atoms with Crippen LogP contribution in [0.3, 0.4) is 0 Å². The van der Waals surface area contributed by atoms with Crippen LogP contribution in [-0.4, -0.2) is 41.0 Å². The lowest BCUT2D eigenvalue weighted by atomic mass is 9.46. The second-order valence-corrected chi connectivity index (χ2v) is 10.1. The van der Waals surface area contributed by atoms with Gasteiger partial charge in [-0.25, -0.2) is 4.39 Å². The molecule has 6 heteroatoms. The van der Waals surface area contributed by atoms with E-state index in [1.54, 1.807) is 6.08 Å². The van der Waals surface area contributed by atoms with E-state index in [9.17, 15) is 19.5 Å². The molecule has 0 amide bonds. The molecule has 4 rings (SSSR count). The van der Waals surface area contributed by atoms with Crippen molar-refractivity contribution in [1.82, 2.24) is 0 Å². The van der Waals surface area contributed by atoms with Crippen molar-refractivity contribution in [2.24, 2.45) is 28.6 Å². The van der Waals surface area contributed by atoms with E-state index in [1.165, 1.54) is 6.92 Å². The molecular weight excluding hydrogens is 375 g/mol. The average molecular weight is 406 g/mol. The van der Waals surface area contributed by atoms with Crippen molar-refractivity contribution in [3.8, 4) is 0 Å². The lowest BCUT2D eigenvalue weighted by Crippen LogP contribution is -2.59. The third-order valence-electron chi connectivity index (χ3n) is 8.96. The molecule has 0 aliphatic heterocycles. The zero-order valence-corrected chi connectivity index (χ0v) is 17.5. The highest BCUT2D eigenvalue weighted by Crippen LogP contribution is 2.67. The third kappa shape index (κ3) is 2.85. The molecule has 0 heterocycles. The van der Waals surface area contributed by atoms with Gasteiger partial charge in [-0.3, -0.25) is 14.4 Å². The summed E-state index contributed by atoms with van der Waals surface area (Å²) >= 11 is 0. The van der Waals surface area contributed by atoms with Crippen LogP contribution >= 0.6 is 0 Å². The van der Waals surface area contributed by atoms with Gasteiger partial charge in [0.2, 0.25) is 5.78 Å². The molecule has 29 heavy (non-hydrogen) atoms. The van der Waals surface area contributed by atoms with Gasteiger partial charge in [0, 0.05) is 18.8 Å². The number of carbonyl (C=O) groups excluding carboxylic acids is 3. The summed E-state index contributed by atoms with van der Waals surface area (Å²) in [4.78, 5) is 35.9. The molecule has 0 aromatic heterocycles. The number of carbonyl (C=O) groups is 3. The van der Waals surface area contributed by atoms with Gasteiger partial charge in [-0.2, -0.15) is 0 Å². The molecule has 160 valence electrons. The van der Waals surface area contributed by atoms with E-state index in [0.717, 1.165) is 6.42 Å². The smallest absolute Gasteiger partial charge is 0.303 e. The highest BCUT2D eigenvalue weighted by atomic mass is 19.1. The molecule has 5 nitrogen and oxygen atoms in total. The number of ketones is 2. The number of alkyl halides is 1. The fraction of sp³-hybridized carbons (Fsp3) is 0.783. The first-order chi connectivity index (χ1) is 13.5.